The molecule has 1 aliphatic carbocycles. The SMILES string of the molecule is Cn1cc(Cl)c(-c2c([C@H]3C[C@H](c4cccc(CO[Si](C)(C)C(C)(C)C)c4)[C@H]4OC(C)(C)O[C@H]43)[nH]c3nc(Cl)nc(N)c23)n1. The standard InChI is InChI=1S/C31H40Cl2N6O3Si/c1-30(2,3)43(7,8)40-15-16-10-9-11-17(12-16)18-13-19(26-25(18)41-31(4,5)42-26)23-21(24-20(32)14-39(6)38-24)22-27(34)36-29(33)37-28(22)35-23/h9-12,14,18-19,25-26H,13,15H2,1-8H3,(H3,34,35,36,37)/t18-,19-,25-,26+/m1/s1. The predicted octanol–water partition coefficient (Wildman–Crippen LogP) is 7.56. The second kappa shape index (κ2) is 10.6. The monoisotopic (exact) mass is 642 g/mol. The Bertz CT molecular complexity index is 1690. The minimum absolute atomic E-state index is 0.0666. The zero-order valence-electron chi connectivity index (χ0n) is 26.0. The number of aryl methyl sites for hydroxylation is 1. The van der Waals surface area contributed by atoms with E-state index in [2.05, 4.69) is 73.1 Å². The van der Waals surface area contributed by atoms with E-state index >= 15 is 0 Å². The van der Waals surface area contributed by atoms with Crippen molar-refractivity contribution in [2.45, 2.75) is 95.6 Å². The molecule has 1 aromatic carbocycles. The summed E-state index contributed by atoms with van der Waals surface area (Å²) in [5.74, 6) is -0.496. The molecule has 4 atom stereocenters. The maximum Gasteiger partial charge on any atom is 0.226 e. The number of aromatic amines is 1. The number of anilines is 1. The van der Waals surface area contributed by atoms with E-state index < -0.39 is 14.1 Å². The number of nitrogen functional groups attached to an aromatic ring is 1. The quantitative estimate of drug-likeness (QED) is 0.165. The lowest BCUT2D eigenvalue weighted by Crippen LogP contribution is -2.40. The number of hydrogen-bond acceptors (Lipinski definition) is 7. The van der Waals surface area contributed by atoms with Gasteiger partial charge in [-0.15, -0.1) is 0 Å². The zero-order chi connectivity index (χ0) is 31.1. The van der Waals surface area contributed by atoms with Gasteiger partial charge in [-0.05, 0) is 61.1 Å². The highest BCUT2D eigenvalue weighted by Gasteiger charge is 2.55. The topological polar surface area (TPSA) is 113 Å². The van der Waals surface area contributed by atoms with Gasteiger partial charge in [0.1, 0.15) is 17.2 Å². The van der Waals surface area contributed by atoms with Gasteiger partial charge in [-0.3, -0.25) is 4.68 Å². The second-order valence-corrected chi connectivity index (χ2v) is 19.4. The highest BCUT2D eigenvalue weighted by atomic mass is 35.5. The Kier molecular flexibility index (Phi) is 7.50. The van der Waals surface area contributed by atoms with E-state index in [9.17, 15) is 0 Å². The van der Waals surface area contributed by atoms with Crippen LogP contribution >= 0.6 is 23.2 Å². The van der Waals surface area contributed by atoms with Crippen LogP contribution in [-0.2, 0) is 27.6 Å². The van der Waals surface area contributed by atoms with Crippen LogP contribution in [0.3, 0.4) is 0 Å². The van der Waals surface area contributed by atoms with Gasteiger partial charge in [0.05, 0.1) is 29.2 Å². The minimum atomic E-state index is -1.90. The van der Waals surface area contributed by atoms with Crippen LogP contribution in [0, 0.1) is 0 Å². The van der Waals surface area contributed by atoms with Crippen molar-refractivity contribution in [1.29, 1.82) is 0 Å². The van der Waals surface area contributed by atoms with Crippen LogP contribution in [0.5, 0.6) is 0 Å². The molecule has 1 aliphatic heterocycles. The predicted molar refractivity (Wildman–Crippen MR) is 173 cm³/mol. The van der Waals surface area contributed by atoms with Crippen LogP contribution in [0.25, 0.3) is 22.3 Å². The lowest BCUT2D eigenvalue weighted by atomic mass is 9.91. The van der Waals surface area contributed by atoms with Crippen molar-refractivity contribution in [1.82, 2.24) is 24.7 Å². The minimum Gasteiger partial charge on any atom is -0.413 e. The summed E-state index contributed by atoms with van der Waals surface area (Å²) < 4.78 is 21.5. The number of fused-ring (bicyclic) bond motifs is 2. The van der Waals surface area contributed by atoms with Crippen LogP contribution in [0.15, 0.2) is 30.5 Å². The summed E-state index contributed by atoms with van der Waals surface area (Å²) in [6.45, 7) is 15.9. The Morgan fingerprint density at radius 3 is 2.49 bits per heavy atom. The van der Waals surface area contributed by atoms with Gasteiger partial charge in [0.15, 0.2) is 14.1 Å². The molecule has 6 rings (SSSR count). The molecule has 0 bridgehead atoms. The van der Waals surface area contributed by atoms with Crippen LogP contribution in [-0.4, -0.2) is 51.0 Å². The Morgan fingerprint density at radius 1 is 1.14 bits per heavy atom. The summed E-state index contributed by atoms with van der Waals surface area (Å²) in [6.07, 6.45) is 2.14. The zero-order valence-corrected chi connectivity index (χ0v) is 28.5. The first-order chi connectivity index (χ1) is 20.0. The van der Waals surface area contributed by atoms with Crippen molar-refractivity contribution in [3.05, 3.63) is 57.6 Å². The number of nitrogens with one attached hydrogen (secondary N) is 1. The average Bonchev–Trinajstić information content (AvgIpc) is 3.61. The molecule has 3 aromatic heterocycles. The number of ether oxygens (including phenoxy) is 2. The molecule has 1 saturated carbocycles. The number of rotatable bonds is 6. The van der Waals surface area contributed by atoms with Gasteiger partial charge in [0.25, 0.3) is 0 Å². The largest absolute Gasteiger partial charge is 0.413 e. The number of halogens is 2. The van der Waals surface area contributed by atoms with Crippen molar-refractivity contribution < 1.29 is 13.9 Å². The Hall–Kier alpha value is -2.47. The smallest absolute Gasteiger partial charge is 0.226 e. The molecule has 43 heavy (non-hydrogen) atoms. The molecule has 4 heterocycles. The fraction of sp³-hybridized carbons (Fsp3) is 0.516. The molecule has 1 saturated heterocycles. The van der Waals surface area contributed by atoms with Crippen LogP contribution in [0.4, 0.5) is 5.82 Å². The third-order valence-electron chi connectivity index (χ3n) is 9.32. The molecule has 2 fully saturated rings. The molecule has 12 heteroatoms. The molecule has 2 aliphatic rings. The summed E-state index contributed by atoms with van der Waals surface area (Å²) in [7, 11) is -0.0629. The summed E-state index contributed by atoms with van der Waals surface area (Å²) in [5.41, 5.74) is 11.6. The second-order valence-electron chi connectivity index (χ2n) is 13.8. The van der Waals surface area contributed by atoms with Crippen LogP contribution < -0.4 is 5.73 Å². The molecule has 0 unspecified atom stereocenters. The van der Waals surface area contributed by atoms with E-state index in [-0.39, 0.29) is 40.2 Å². The Labute approximate surface area is 263 Å². The number of aromatic nitrogens is 5. The van der Waals surface area contributed by atoms with Crippen molar-refractivity contribution in [2.75, 3.05) is 5.73 Å². The van der Waals surface area contributed by atoms with Crippen molar-refractivity contribution in [3.63, 3.8) is 0 Å². The van der Waals surface area contributed by atoms with Crippen molar-refractivity contribution in [3.8, 4) is 11.3 Å². The summed E-state index contributed by atoms with van der Waals surface area (Å²) in [4.78, 5) is 12.2. The number of nitrogens with two attached hydrogens (primary N) is 1. The fourth-order valence-electron chi connectivity index (χ4n) is 6.25. The highest BCUT2D eigenvalue weighted by Crippen LogP contribution is 2.55. The lowest BCUT2D eigenvalue weighted by molar-refractivity contribution is -0.154. The van der Waals surface area contributed by atoms with Gasteiger partial charge in [0, 0.05) is 36.3 Å². The summed E-state index contributed by atoms with van der Waals surface area (Å²) in [5, 5.41) is 6.05. The third kappa shape index (κ3) is 5.51. The van der Waals surface area contributed by atoms with E-state index in [0.29, 0.717) is 28.4 Å². The molecule has 4 aromatic rings. The Balaban J connectivity index is 1.42. The molecule has 3 N–H and O–H groups in total. The molecule has 0 amide bonds. The lowest BCUT2D eigenvalue weighted by Gasteiger charge is -2.36. The third-order valence-corrected chi connectivity index (χ3v) is 14.2. The van der Waals surface area contributed by atoms with Crippen molar-refractivity contribution >= 4 is 48.4 Å². The van der Waals surface area contributed by atoms with E-state index in [1.54, 1.807) is 10.9 Å². The number of H-pyrrole nitrogens is 1. The normalized spacial score (nSPS) is 23.8. The number of benzene rings is 1. The fourth-order valence-corrected chi connectivity index (χ4v) is 7.66. The van der Waals surface area contributed by atoms with Crippen LogP contribution in [0.1, 0.15) is 69.7 Å². The molecule has 0 spiro atoms. The van der Waals surface area contributed by atoms with Gasteiger partial charge >= 0.3 is 0 Å². The van der Waals surface area contributed by atoms with Gasteiger partial charge in [-0.25, -0.2) is 4.98 Å². The molecular weight excluding hydrogens is 603 g/mol. The first kappa shape index (κ1) is 30.5. The van der Waals surface area contributed by atoms with Gasteiger partial charge in [0.2, 0.25) is 5.28 Å². The molecule has 0 radical (unpaired) electrons. The van der Waals surface area contributed by atoms with E-state index in [0.717, 1.165) is 23.2 Å². The molecule has 9 nitrogen and oxygen atoms in total. The first-order valence-electron chi connectivity index (χ1n) is 14.7. The maximum atomic E-state index is 6.72. The molecular formula is C31H40Cl2N6O3Si. The first-order valence-corrected chi connectivity index (χ1v) is 18.3. The van der Waals surface area contributed by atoms with Gasteiger partial charge < -0.3 is 24.6 Å². The van der Waals surface area contributed by atoms with Gasteiger partial charge in [-0.1, -0.05) is 56.6 Å². The van der Waals surface area contributed by atoms with Gasteiger partial charge in [-0.2, -0.15) is 10.1 Å². The number of hydrogen-bond donors (Lipinski definition) is 2. The highest BCUT2D eigenvalue weighted by molar-refractivity contribution is 6.74. The van der Waals surface area contributed by atoms with Crippen LogP contribution in [0.2, 0.25) is 28.4 Å². The average molecular weight is 644 g/mol. The summed E-state index contributed by atoms with van der Waals surface area (Å²) in [6, 6.07) is 8.69. The number of nitrogens with zero attached hydrogens (tertiary/aromatic N) is 4. The van der Waals surface area contributed by atoms with E-state index in [4.69, 9.17) is 47.9 Å². The Morgan fingerprint density at radius 2 is 1.84 bits per heavy atom. The molecule has 230 valence electrons. The van der Waals surface area contributed by atoms with Crippen molar-refractivity contribution in [2.24, 2.45) is 7.05 Å². The summed E-state index contributed by atoms with van der Waals surface area (Å²) >= 11 is 12.9. The maximum absolute atomic E-state index is 6.72. The van der Waals surface area contributed by atoms with E-state index in [1.165, 1.54) is 5.56 Å². The van der Waals surface area contributed by atoms with E-state index in [1.807, 2.05) is 20.9 Å².